The summed E-state index contributed by atoms with van der Waals surface area (Å²) >= 11 is 0. The van der Waals surface area contributed by atoms with E-state index in [-0.39, 0.29) is 0 Å². The van der Waals surface area contributed by atoms with E-state index < -0.39 is 0 Å². The molecular weight excluding hydrogens is 334 g/mol. The van der Waals surface area contributed by atoms with Crippen LogP contribution in [0, 0.1) is 17.3 Å². The predicted molar refractivity (Wildman–Crippen MR) is 108 cm³/mol. The van der Waals surface area contributed by atoms with Crippen LogP contribution in [0.1, 0.15) is 62.5 Å². The number of benzene rings is 1. The first kappa shape index (κ1) is 18.0. The van der Waals surface area contributed by atoms with Gasteiger partial charge < -0.3 is 9.47 Å². The average molecular weight is 370 g/mol. The Labute approximate surface area is 164 Å². The zero-order chi connectivity index (χ0) is 18.3. The Morgan fingerprint density at radius 1 is 1.15 bits per heavy atom. The summed E-state index contributed by atoms with van der Waals surface area (Å²) in [5, 5.41) is 0. The summed E-state index contributed by atoms with van der Waals surface area (Å²) in [6.45, 7) is 8.18. The number of hydrogen-bond donors (Lipinski definition) is 0. The number of rotatable bonds is 4. The van der Waals surface area contributed by atoms with Gasteiger partial charge in [0.1, 0.15) is 12.4 Å². The van der Waals surface area contributed by atoms with Crippen molar-refractivity contribution in [1.82, 2.24) is 4.90 Å². The maximum absolute atomic E-state index is 6.11. The maximum atomic E-state index is 6.11. The number of ether oxygens (including phenoxy) is 2. The normalized spacial score (nSPS) is 36.0. The number of nitrogens with zero attached hydrogens (tertiary/aromatic N) is 1. The Hall–Kier alpha value is -1.06. The topological polar surface area (TPSA) is 21.7 Å². The molecular formula is C24H35NO2. The summed E-state index contributed by atoms with van der Waals surface area (Å²) in [4.78, 5) is 2.44. The lowest BCUT2D eigenvalue weighted by Crippen LogP contribution is -2.39. The molecule has 1 aliphatic heterocycles. The molecule has 0 spiro atoms. The van der Waals surface area contributed by atoms with Crippen LogP contribution in [0.15, 0.2) is 18.2 Å². The Bertz CT molecular complexity index is 668. The molecule has 4 atom stereocenters. The molecule has 0 unspecified atom stereocenters. The minimum Gasteiger partial charge on any atom is -0.492 e. The van der Waals surface area contributed by atoms with Crippen LogP contribution >= 0.6 is 0 Å². The number of fused-ring (bicyclic) bond motifs is 5. The van der Waals surface area contributed by atoms with Crippen molar-refractivity contribution in [2.24, 2.45) is 17.3 Å². The zero-order valence-corrected chi connectivity index (χ0v) is 16.9. The third-order valence-electron chi connectivity index (χ3n) is 8.26. The Morgan fingerprint density at radius 2 is 2.04 bits per heavy atom. The smallest absolute Gasteiger partial charge is 0.119 e. The van der Waals surface area contributed by atoms with Gasteiger partial charge in [-0.25, -0.2) is 0 Å². The van der Waals surface area contributed by atoms with Crippen LogP contribution in [-0.2, 0) is 11.2 Å². The van der Waals surface area contributed by atoms with E-state index in [4.69, 9.17) is 9.47 Å². The Balaban J connectivity index is 1.24. The quantitative estimate of drug-likeness (QED) is 0.771. The number of aryl methyl sites for hydroxylation is 1. The molecule has 0 amide bonds. The molecule has 3 heteroatoms. The second kappa shape index (κ2) is 7.40. The zero-order valence-electron chi connectivity index (χ0n) is 16.9. The first-order valence-corrected chi connectivity index (χ1v) is 11.3. The van der Waals surface area contributed by atoms with Crippen LogP contribution in [0.4, 0.5) is 0 Å². The fourth-order valence-corrected chi connectivity index (χ4v) is 6.76. The molecule has 1 aromatic carbocycles. The van der Waals surface area contributed by atoms with Crippen LogP contribution in [0.2, 0.25) is 0 Å². The molecule has 27 heavy (non-hydrogen) atoms. The number of morpholine rings is 1. The Kier molecular flexibility index (Phi) is 4.94. The lowest BCUT2D eigenvalue weighted by atomic mass is 9.56. The highest BCUT2D eigenvalue weighted by atomic mass is 16.5. The first-order valence-electron chi connectivity index (χ1n) is 11.3. The summed E-state index contributed by atoms with van der Waals surface area (Å²) in [5.41, 5.74) is 3.88. The fourth-order valence-electron chi connectivity index (χ4n) is 6.76. The van der Waals surface area contributed by atoms with E-state index in [1.807, 2.05) is 0 Å². The molecule has 4 aliphatic rings. The van der Waals surface area contributed by atoms with E-state index in [0.717, 1.165) is 63.0 Å². The van der Waals surface area contributed by atoms with Gasteiger partial charge in [0.05, 0.1) is 13.2 Å². The van der Waals surface area contributed by atoms with Crippen molar-refractivity contribution in [2.45, 2.75) is 57.8 Å². The van der Waals surface area contributed by atoms with Gasteiger partial charge in [-0.05, 0) is 85.0 Å². The molecule has 148 valence electrons. The van der Waals surface area contributed by atoms with Crippen LogP contribution < -0.4 is 4.74 Å². The maximum Gasteiger partial charge on any atom is 0.119 e. The minimum absolute atomic E-state index is 0.654. The monoisotopic (exact) mass is 369 g/mol. The van der Waals surface area contributed by atoms with Crippen LogP contribution in [0.5, 0.6) is 5.75 Å². The predicted octanol–water partition coefficient (Wildman–Crippen LogP) is 4.64. The van der Waals surface area contributed by atoms with E-state index >= 15 is 0 Å². The second-order valence-electron chi connectivity index (χ2n) is 9.66. The molecule has 5 rings (SSSR count). The van der Waals surface area contributed by atoms with Gasteiger partial charge in [-0.2, -0.15) is 0 Å². The van der Waals surface area contributed by atoms with Crippen molar-refractivity contribution in [3.05, 3.63) is 29.3 Å². The molecule has 1 aromatic rings. The highest BCUT2D eigenvalue weighted by Crippen LogP contribution is 2.60. The van der Waals surface area contributed by atoms with E-state index in [1.54, 1.807) is 11.1 Å². The van der Waals surface area contributed by atoms with Gasteiger partial charge >= 0.3 is 0 Å². The lowest BCUT2D eigenvalue weighted by molar-refractivity contribution is 0.0322. The van der Waals surface area contributed by atoms with Crippen molar-refractivity contribution in [2.75, 3.05) is 39.5 Å². The van der Waals surface area contributed by atoms with Gasteiger partial charge in [-0.15, -0.1) is 0 Å². The molecule has 2 saturated carbocycles. The summed E-state index contributed by atoms with van der Waals surface area (Å²) < 4.78 is 11.5. The van der Waals surface area contributed by atoms with Crippen LogP contribution in [0.25, 0.3) is 0 Å². The Morgan fingerprint density at radius 3 is 2.93 bits per heavy atom. The SMILES string of the molecule is C[C@@]12CCC[C@H]1[C@@H]1CCc3cc(OCCN4CCOCC4)ccc3[C@H]1CC2. The average Bonchev–Trinajstić information content (AvgIpc) is 3.10. The molecule has 0 bridgehead atoms. The first-order chi connectivity index (χ1) is 13.2. The standard InChI is InChI=1S/C24H35NO2/c1-24-9-2-3-23(24)22-6-4-18-17-19(5-7-20(18)21(22)8-10-24)27-16-13-25-11-14-26-15-12-25/h5,7,17,21-23H,2-4,6,8-16H2,1H3/t21-,22-,23+,24+/m1/s1. The summed E-state index contributed by atoms with van der Waals surface area (Å²) in [6.07, 6.45) is 9.92. The highest BCUT2D eigenvalue weighted by molar-refractivity contribution is 5.40. The fraction of sp³-hybridized carbons (Fsp3) is 0.750. The van der Waals surface area contributed by atoms with Gasteiger partial charge in [-0.1, -0.05) is 19.4 Å². The van der Waals surface area contributed by atoms with Crippen molar-refractivity contribution >= 4 is 0 Å². The van der Waals surface area contributed by atoms with Gasteiger partial charge in [0.2, 0.25) is 0 Å². The van der Waals surface area contributed by atoms with Gasteiger partial charge in [0.25, 0.3) is 0 Å². The second-order valence-corrected chi connectivity index (χ2v) is 9.66. The molecule has 0 radical (unpaired) electrons. The largest absolute Gasteiger partial charge is 0.492 e. The minimum atomic E-state index is 0.654. The number of hydrogen-bond acceptors (Lipinski definition) is 3. The molecule has 0 N–H and O–H groups in total. The van der Waals surface area contributed by atoms with Crippen molar-refractivity contribution in [1.29, 1.82) is 0 Å². The van der Waals surface area contributed by atoms with E-state index in [0.29, 0.717) is 5.41 Å². The van der Waals surface area contributed by atoms with Crippen LogP contribution in [-0.4, -0.2) is 44.4 Å². The summed E-state index contributed by atoms with van der Waals surface area (Å²) in [5.74, 6) is 3.80. The van der Waals surface area contributed by atoms with E-state index in [1.165, 1.54) is 44.9 Å². The molecule has 3 nitrogen and oxygen atoms in total. The van der Waals surface area contributed by atoms with Gasteiger partial charge in [-0.3, -0.25) is 4.90 Å². The lowest BCUT2D eigenvalue weighted by Gasteiger charge is -2.49. The van der Waals surface area contributed by atoms with Crippen molar-refractivity contribution in [3.63, 3.8) is 0 Å². The summed E-state index contributed by atoms with van der Waals surface area (Å²) in [6, 6.07) is 7.00. The van der Waals surface area contributed by atoms with Gasteiger partial charge in [0, 0.05) is 19.6 Å². The third-order valence-corrected chi connectivity index (χ3v) is 8.26. The molecule has 0 aromatic heterocycles. The van der Waals surface area contributed by atoms with Crippen molar-refractivity contribution < 1.29 is 9.47 Å². The summed E-state index contributed by atoms with van der Waals surface area (Å²) in [7, 11) is 0. The molecule has 3 fully saturated rings. The van der Waals surface area contributed by atoms with E-state index in [9.17, 15) is 0 Å². The van der Waals surface area contributed by atoms with E-state index in [2.05, 4.69) is 30.0 Å². The van der Waals surface area contributed by atoms with Crippen molar-refractivity contribution in [3.8, 4) is 5.75 Å². The highest BCUT2D eigenvalue weighted by Gasteiger charge is 2.50. The van der Waals surface area contributed by atoms with Crippen LogP contribution in [0.3, 0.4) is 0 Å². The molecule has 1 saturated heterocycles. The molecule has 3 aliphatic carbocycles. The molecule has 1 heterocycles. The van der Waals surface area contributed by atoms with Gasteiger partial charge in [0.15, 0.2) is 0 Å². The third kappa shape index (κ3) is 3.42.